The van der Waals surface area contributed by atoms with Gasteiger partial charge in [0.05, 0.1) is 19.3 Å². The molecule has 0 bridgehead atoms. The van der Waals surface area contributed by atoms with Gasteiger partial charge in [-0.15, -0.1) is 5.10 Å². The first-order valence-electron chi connectivity index (χ1n) is 12.0. The molecule has 0 saturated carbocycles. The summed E-state index contributed by atoms with van der Waals surface area (Å²) in [5.74, 6) is 0.612. The highest BCUT2D eigenvalue weighted by Gasteiger charge is 2.20. The molecule has 1 saturated heterocycles. The van der Waals surface area contributed by atoms with Crippen LogP contribution in [0.2, 0.25) is 0 Å². The molecule has 4 aromatic rings. The van der Waals surface area contributed by atoms with E-state index in [2.05, 4.69) is 31.4 Å². The molecule has 11 heteroatoms. The quantitative estimate of drug-likeness (QED) is 0.385. The lowest BCUT2D eigenvalue weighted by atomic mass is 10.0. The molecule has 11 nitrogen and oxygen atoms in total. The molecule has 0 aliphatic carbocycles. The Hall–Kier alpha value is -4.56. The van der Waals surface area contributed by atoms with Crippen LogP contribution in [0, 0.1) is 11.3 Å². The van der Waals surface area contributed by atoms with Gasteiger partial charge in [-0.2, -0.15) is 10.4 Å². The summed E-state index contributed by atoms with van der Waals surface area (Å²) >= 11 is 0. The predicted molar refractivity (Wildman–Crippen MR) is 140 cm³/mol. The molecule has 1 aliphatic rings. The largest absolute Gasteiger partial charge is 0.481 e. The summed E-state index contributed by atoms with van der Waals surface area (Å²) in [7, 11) is 3.48. The maximum atomic E-state index is 9.63. The number of hydrogen-bond acceptors (Lipinski definition) is 9. The third-order valence-corrected chi connectivity index (χ3v) is 6.46. The van der Waals surface area contributed by atoms with Gasteiger partial charge < -0.3 is 10.5 Å². The molecule has 1 fully saturated rings. The average Bonchev–Trinajstić information content (AvgIpc) is 3.55. The van der Waals surface area contributed by atoms with Crippen molar-refractivity contribution in [3.8, 4) is 23.1 Å². The van der Waals surface area contributed by atoms with Crippen molar-refractivity contribution in [1.29, 1.82) is 5.26 Å². The number of ether oxygens (including phenoxy) is 1. The number of rotatable bonds is 7. The molecule has 2 N–H and O–H groups in total. The van der Waals surface area contributed by atoms with Gasteiger partial charge >= 0.3 is 0 Å². The second-order valence-electron chi connectivity index (χ2n) is 9.03. The fraction of sp³-hybridized carbons (Fsp3) is 0.308. The number of methoxy groups -OCH3 is 1. The van der Waals surface area contributed by atoms with Crippen LogP contribution in [0.15, 0.2) is 54.2 Å². The third-order valence-electron chi connectivity index (χ3n) is 6.46. The maximum Gasteiger partial charge on any atom is 0.212 e. The van der Waals surface area contributed by atoms with Crippen LogP contribution in [0.5, 0.6) is 5.88 Å². The molecule has 0 radical (unpaired) electrons. The topological polar surface area (TPSA) is 136 Å². The number of aromatic nitrogens is 6. The molecule has 1 unspecified atom stereocenters. The average molecular weight is 497 g/mol. The van der Waals surface area contributed by atoms with Crippen LogP contribution < -0.4 is 10.5 Å². The fourth-order valence-electron chi connectivity index (χ4n) is 4.62. The first-order valence-corrected chi connectivity index (χ1v) is 12.0. The van der Waals surface area contributed by atoms with Gasteiger partial charge in [-0.1, -0.05) is 11.3 Å². The van der Waals surface area contributed by atoms with Crippen molar-refractivity contribution in [3.05, 3.63) is 66.0 Å². The molecular weight excluding hydrogens is 468 g/mol. The van der Waals surface area contributed by atoms with E-state index in [1.54, 1.807) is 28.7 Å². The number of aryl methyl sites for hydroxylation is 1. The summed E-state index contributed by atoms with van der Waals surface area (Å²) in [4.78, 5) is 11.6. The number of fused-ring (bicyclic) bond motifs is 1. The van der Waals surface area contributed by atoms with Gasteiger partial charge in [0.25, 0.3) is 0 Å². The van der Waals surface area contributed by atoms with E-state index < -0.39 is 0 Å². The van der Waals surface area contributed by atoms with Gasteiger partial charge in [0.2, 0.25) is 5.88 Å². The number of allylic oxidation sites excluding steroid dienone is 1. The van der Waals surface area contributed by atoms with Gasteiger partial charge in [0.1, 0.15) is 11.6 Å². The highest BCUT2D eigenvalue weighted by Crippen LogP contribution is 2.28. The minimum atomic E-state index is 0.130. The van der Waals surface area contributed by atoms with E-state index in [9.17, 15) is 5.26 Å². The highest BCUT2D eigenvalue weighted by atomic mass is 16.5. The number of nitrogens with zero attached hydrogens (tertiary/aromatic N) is 9. The Morgan fingerprint density at radius 2 is 2.19 bits per heavy atom. The Bertz CT molecular complexity index is 1490. The Morgan fingerprint density at radius 1 is 1.30 bits per heavy atom. The van der Waals surface area contributed by atoms with E-state index >= 15 is 0 Å². The standard InChI is InChI=1S/C26H28N10O/c1-34-15-21(13-31-34)19-8-23(26-24(10-28)32-33-36(26)16-19)20(9-27)12-29-22-4-3-7-35(17-22)14-18-5-6-25(37-2)30-11-18/h5-6,8-9,11-13,15-16,22H,3-4,7,14,17,27H2,1-2H3. The van der Waals surface area contributed by atoms with Crippen molar-refractivity contribution in [1.82, 2.24) is 34.5 Å². The first kappa shape index (κ1) is 24.1. The summed E-state index contributed by atoms with van der Waals surface area (Å²) < 4.78 is 8.50. The summed E-state index contributed by atoms with van der Waals surface area (Å²) in [5.41, 5.74) is 11.3. The zero-order valence-electron chi connectivity index (χ0n) is 20.8. The van der Waals surface area contributed by atoms with Gasteiger partial charge in [-0.05, 0) is 31.0 Å². The van der Waals surface area contributed by atoms with Crippen LogP contribution in [0.4, 0.5) is 0 Å². The molecule has 1 aliphatic heterocycles. The molecule has 4 aromatic heterocycles. The molecule has 5 heterocycles. The normalized spacial score (nSPS) is 16.9. The Balaban J connectivity index is 1.39. The monoisotopic (exact) mass is 496 g/mol. The van der Waals surface area contributed by atoms with Crippen LogP contribution in [-0.4, -0.2) is 66.9 Å². The van der Waals surface area contributed by atoms with Crippen LogP contribution in [-0.2, 0) is 13.6 Å². The maximum absolute atomic E-state index is 9.63. The lowest BCUT2D eigenvalue weighted by Crippen LogP contribution is -2.37. The minimum absolute atomic E-state index is 0.130. The van der Waals surface area contributed by atoms with Crippen LogP contribution >= 0.6 is 0 Å². The Morgan fingerprint density at radius 3 is 2.89 bits per heavy atom. The summed E-state index contributed by atoms with van der Waals surface area (Å²) in [5, 5.41) is 22.1. The van der Waals surface area contributed by atoms with E-state index in [4.69, 9.17) is 15.5 Å². The highest BCUT2D eigenvalue weighted by molar-refractivity contribution is 6.13. The summed E-state index contributed by atoms with van der Waals surface area (Å²) in [6.07, 6.45) is 12.8. The van der Waals surface area contributed by atoms with Gasteiger partial charge in [-0.3, -0.25) is 14.6 Å². The molecule has 0 aromatic carbocycles. The molecule has 0 spiro atoms. The Kier molecular flexibility index (Phi) is 6.91. The van der Waals surface area contributed by atoms with E-state index in [0.29, 0.717) is 17.0 Å². The molecule has 5 rings (SSSR count). The van der Waals surface area contributed by atoms with Crippen molar-refractivity contribution >= 4 is 17.3 Å². The first-order chi connectivity index (χ1) is 18.1. The smallest absolute Gasteiger partial charge is 0.212 e. The molecule has 188 valence electrons. The van der Waals surface area contributed by atoms with E-state index in [1.807, 2.05) is 43.8 Å². The lowest BCUT2D eigenvalue weighted by Gasteiger charge is -2.30. The number of pyridine rings is 2. The molecule has 0 amide bonds. The number of nitriles is 1. The van der Waals surface area contributed by atoms with Gasteiger partial charge in [0.15, 0.2) is 5.69 Å². The van der Waals surface area contributed by atoms with Crippen LogP contribution in [0.1, 0.15) is 29.7 Å². The number of piperidine rings is 1. The lowest BCUT2D eigenvalue weighted by molar-refractivity contribution is 0.202. The SMILES string of the molecule is COc1ccc(CN2CCCC(N=CC(=CN)c3cc(-c4cnn(C)c4)cn4nnc(C#N)c34)C2)cn1. The minimum Gasteiger partial charge on any atom is -0.481 e. The number of likely N-dealkylation sites (tertiary alicyclic amines) is 1. The van der Waals surface area contributed by atoms with Crippen molar-refractivity contribution in [3.63, 3.8) is 0 Å². The predicted octanol–water partition coefficient (Wildman–Crippen LogP) is 2.44. The Labute approximate surface area is 214 Å². The number of nitrogens with two attached hydrogens (primary N) is 1. The van der Waals surface area contributed by atoms with Crippen molar-refractivity contribution in [2.75, 3.05) is 20.2 Å². The molecule has 37 heavy (non-hydrogen) atoms. The van der Waals surface area contributed by atoms with Crippen molar-refractivity contribution in [2.24, 2.45) is 17.8 Å². The third kappa shape index (κ3) is 5.19. The van der Waals surface area contributed by atoms with E-state index in [1.165, 1.54) is 6.20 Å². The summed E-state index contributed by atoms with van der Waals surface area (Å²) in [6, 6.07) is 8.16. The number of aliphatic imine (C=N–C) groups is 1. The second kappa shape index (κ2) is 10.6. The molecular formula is C26H28N10O. The zero-order chi connectivity index (χ0) is 25.8. The summed E-state index contributed by atoms with van der Waals surface area (Å²) in [6.45, 7) is 2.66. The van der Waals surface area contributed by atoms with E-state index in [-0.39, 0.29) is 11.7 Å². The van der Waals surface area contributed by atoms with Gasteiger partial charge in [-0.25, -0.2) is 9.50 Å². The van der Waals surface area contributed by atoms with Crippen LogP contribution in [0.3, 0.4) is 0 Å². The second-order valence-corrected chi connectivity index (χ2v) is 9.03. The number of hydrogen-bond donors (Lipinski definition) is 1. The fourth-order valence-corrected chi connectivity index (χ4v) is 4.62. The molecule has 1 atom stereocenters. The zero-order valence-corrected chi connectivity index (χ0v) is 20.8. The van der Waals surface area contributed by atoms with Crippen LogP contribution in [0.25, 0.3) is 22.2 Å². The van der Waals surface area contributed by atoms with E-state index in [0.717, 1.165) is 54.7 Å². The van der Waals surface area contributed by atoms with Crippen molar-refractivity contribution < 1.29 is 4.74 Å². The van der Waals surface area contributed by atoms with Gasteiger partial charge in [0, 0.05) is 79.5 Å². The van der Waals surface area contributed by atoms with Crippen molar-refractivity contribution in [2.45, 2.75) is 25.4 Å².